The number of hydrogen-bond acceptors (Lipinski definition) is 5. The van der Waals surface area contributed by atoms with Crippen LogP contribution >= 0.6 is 0 Å². The van der Waals surface area contributed by atoms with Gasteiger partial charge >= 0.3 is 0 Å². The molecule has 8 nitrogen and oxygen atoms in total. The molecule has 3 N–H and O–H groups in total. The molecule has 0 aromatic heterocycles. The van der Waals surface area contributed by atoms with Gasteiger partial charge in [0, 0.05) is 20.6 Å². The Morgan fingerprint density at radius 2 is 1.76 bits per heavy atom. The molecule has 0 bridgehead atoms. The summed E-state index contributed by atoms with van der Waals surface area (Å²) in [4.78, 5) is 38.0. The predicted octanol–water partition coefficient (Wildman–Crippen LogP) is 6.55. The van der Waals surface area contributed by atoms with Crippen molar-refractivity contribution >= 4 is 17.7 Å². The van der Waals surface area contributed by atoms with Gasteiger partial charge in [-0.05, 0) is 75.8 Å². The fourth-order valence-electron chi connectivity index (χ4n) is 4.76. The highest BCUT2D eigenvalue weighted by Crippen LogP contribution is 2.34. The van der Waals surface area contributed by atoms with Crippen molar-refractivity contribution in [1.82, 2.24) is 20.9 Å². The fraction of sp³-hybridized carbons (Fsp3) is 0.605. The first kappa shape index (κ1) is 42.6. The Morgan fingerprint density at radius 1 is 1.07 bits per heavy atom. The third kappa shape index (κ3) is 17.3. The lowest BCUT2D eigenvalue weighted by molar-refractivity contribution is -0.137. The summed E-state index contributed by atoms with van der Waals surface area (Å²) in [5, 5.41) is 8.46. The van der Waals surface area contributed by atoms with Crippen LogP contribution in [0.3, 0.4) is 0 Å². The second-order valence-corrected chi connectivity index (χ2v) is 11.4. The van der Waals surface area contributed by atoms with Crippen molar-refractivity contribution in [2.45, 2.75) is 112 Å². The molecule has 0 spiro atoms. The van der Waals surface area contributed by atoms with E-state index in [2.05, 4.69) is 61.5 Å². The Labute approximate surface area is 280 Å². The minimum Gasteiger partial charge on any atom is -0.489 e. The normalized spacial score (nSPS) is 15.3. The molecule has 1 aromatic carbocycles. The monoisotopic (exact) mass is 640 g/mol. The highest BCUT2D eigenvalue weighted by molar-refractivity contribution is 5.89. The van der Waals surface area contributed by atoms with E-state index in [9.17, 15) is 14.4 Å². The Morgan fingerprint density at radius 3 is 2.35 bits per heavy atom. The number of benzene rings is 1. The molecule has 8 heteroatoms. The number of fused-ring (bicyclic) bond motifs is 1. The van der Waals surface area contributed by atoms with Crippen molar-refractivity contribution in [3.63, 3.8) is 0 Å². The highest BCUT2D eigenvalue weighted by Gasteiger charge is 2.38. The lowest BCUT2D eigenvalue weighted by Crippen LogP contribution is -2.51. The van der Waals surface area contributed by atoms with Crippen molar-refractivity contribution in [1.29, 1.82) is 0 Å². The molecule has 46 heavy (non-hydrogen) atoms. The smallest absolute Gasteiger partial charge is 0.240 e. The topological polar surface area (TPSA) is 99.8 Å². The van der Waals surface area contributed by atoms with Gasteiger partial charge < -0.3 is 25.6 Å². The summed E-state index contributed by atoms with van der Waals surface area (Å²) >= 11 is 0. The first-order valence-electron chi connectivity index (χ1n) is 17.4. The van der Waals surface area contributed by atoms with Crippen LogP contribution < -0.4 is 20.7 Å². The van der Waals surface area contributed by atoms with Crippen LogP contribution in [0.2, 0.25) is 0 Å². The number of likely N-dealkylation sites (N-methyl/N-ethyl adjacent to an activating group) is 2. The number of nitrogens with zero attached hydrogens (tertiary/aromatic N) is 1. The van der Waals surface area contributed by atoms with E-state index in [1.807, 2.05) is 45.9 Å². The molecule has 1 aliphatic heterocycles. The van der Waals surface area contributed by atoms with Gasteiger partial charge in [-0.25, -0.2) is 0 Å². The highest BCUT2D eigenvalue weighted by atomic mass is 16.5. The number of unbranched alkanes of at least 4 members (excludes halogenated alkanes) is 1. The molecule has 3 rings (SSSR count). The van der Waals surface area contributed by atoms with E-state index in [1.54, 1.807) is 13.1 Å². The van der Waals surface area contributed by atoms with Gasteiger partial charge in [0.1, 0.15) is 11.9 Å². The van der Waals surface area contributed by atoms with E-state index in [-0.39, 0.29) is 43.0 Å². The quantitative estimate of drug-likeness (QED) is 0.200. The second-order valence-electron chi connectivity index (χ2n) is 11.4. The number of allylic oxidation sites excluding steroid dienone is 5. The zero-order valence-corrected chi connectivity index (χ0v) is 30.3. The van der Waals surface area contributed by atoms with Crippen molar-refractivity contribution in [2.75, 3.05) is 33.7 Å². The summed E-state index contributed by atoms with van der Waals surface area (Å²) in [6.45, 7) is 18.3. The number of aryl methyl sites for hydroxylation is 2. The first-order chi connectivity index (χ1) is 22.2. The van der Waals surface area contributed by atoms with Crippen LogP contribution in [0.25, 0.3) is 0 Å². The average Bonchev–Trinajstić information content (AvgIpc) is 3.92. The third-order valence-electron chi connectivity index (χ3n) is 7.32. The average molecular weight is 641 g/mol. The SMILES string of the molecule is C=C/C=C\C=C(C)C.CC.CC.CCCCc1cccc2c1OC(CNC(C(=O)N(C)CC(=O)NCC(=O)NC)C1CC1)CCC2. The van der Waals surface area contributed by atoms with Crippen molar-refractivity contribution in [2.24, 2.45) is 5.92 Å². The molecule has 1 fully saturated rings. The molecule has 3 amide bonds. The van der Waals surface area contributed by atoms with Gasteiger partial charge in [-0.15, -0.1) is 0 Å². The maximum atomic E-state index is 13.1. The molecule has 1 aliphatic carbocycles. The molecule has 1 heterocycles. The van der Waals surface area contributed by atoms with E-state index < -0.39 is 0 Å². The van der Waals surface area contributed by atoms with Crippen molar-refractivity contribution < 1.29 is 19.1 Å². The molecule has 2 aliphatic rings. The number of rotatable bonds is 14. The van der Waals surface area contributed by atoms with Gasteiger partial charge in [-0.2, -0.15) is 0 Å². The fourth-order valence-corrected chi connectivity index (χ4v) is 4.76. The number of amides is 3. The van der Waals surface area contributed by atoms with Crippen LogP contribution in [0.15, 0.2) is 54.7 Å². The number of carbonyl (C=O) groups excluding carboxylic acids is 3. The maximum absolute atomic E-state index is 13.1. The maximum Gasteiger partial charge on any atom is 0.240 e. The number of ether oxygens (including phenoxy) is 1. The molecule has 2 unspecified atom stereocenters. The molecule has 1 saturated carbocycles. The molecule has 260 valence electrons. The first-order valence-corrected chi connectivity index (χ1v) is 17.4. The van der Waals surface area contributed by atoms with Crippen LogP contribution in [-0.4, -0.2) is 68.5 Å². The number of carbonyl (C=O) groups is 3. The minimum atomic E-state index is -0.350. The molecular formula is C38H64N4O4. The van der Waals surface area contributed by atoms with Crippen LogP contribution in [0.1, 0.15) is 98.1 Å². The van der Waals surface area contributed by atoms with Crippen LogP contribution in [-0.2, 0) is 27.2 Å². The lowest BCUT2D eigenvalue weighted by Gasteiger charge is -2.27. The molecule has 1 aromatic rings. The van der Waals surface area contributed by atoms with Gasteiger partial charge in [-0.3, -0.25) is 14.4 Å². The van der Waals surface area contributed by atoms with Gasteiger partial charge in [0.15, 0.2) is 0 Å². The molecule has 2 atom stereocenters. The van der Waals surface area contributed by atoms with Gasteiger partial charge in [-0.1, -0.05) is 95.7 Å². The zero-order valence-electron chi connectivity index (χ0n) is 30.3. The van der Waals surface area contributed by atoms with Crippen LogP contribution in [0.4, 0.5) is 0 Å². The largest absolute Gasteiger partial charge is 0.489 e. The molecule has 0 radical (unpaired) electrons. The van der Waals surface area contributed by atoms with Gasteiger partial charge in [0.25, 0.3) is 0 Å². The summed E-state index contributed by atoms with van der Waals surface area (Å²) in [6, 6.07) is 6.15. The summed E-state index contributed by atoms with van der Waals surface area (Å²) in [5.74, 6) is 0.622. The lowest BCUT2D eigenvalue weighted by atomic mass is 10.0. The second kappa shape index (κ2) is 25.8. The van der Waals surface area contributed by atoms with Crippen molar-refractivity contribution in [3.8, 4) is 5.75 Å². The number of nitrogens with one attached hydrogen (secondary N) is 3. The van der Waals surface area contributed by atoms with E-state index >= 15 is 0 Å². The summed E-state index contributed by atoms with van der Waals surface area (Å²) < 4.78 is 6.52. The Bertz CT molecular complexity index is 1090. The standard InChI is InChI=1S/C26H40N4O4.C8H12.2C2H6/c1-4-5-8-19-9-6-10-20-11-7-12-21(34-25(19)20)15-29-24(18-13-14-18)26(33)30(3)17-23(32)28-16-22(31)27-2;1-4-5-6-7-8(2)3;2*1-2/h6,9-10,18,21,24,29H,4-5,7-8,11-17H2,1-3H3,(H,27,31)(H,28,32);4-7H,1H2,2-3H3;2*1-2H3/b;6-5-;;. The molecule has 0 saturated heterocycles. The summed E-state index contributed by atoms with van der Waals surface area (Å²) in [6.07, 6.45) is 16.1. The van der Waals surface area contributed by atoms with Gasteiger partial charge in [0.05, 0.1) is 19.1 Å². The number of hydrogen-bond donors (Lipinski definition) is 3. The van der Waals surface area contributed by atoms with Gasteiger partial charge in [0.2, 0.25) is 17.7 Å². The summed E-state index contributed by atoms with van der Waals surface area (Å²) in [7, 11) is 3.15. The zero-order chi connectivity index (χ0) is 34.9. The van der Waals surface area contributed by atoms with E-state index in [1.165, 1.54) is 28.6 Å². The van der Waals surface area contributed by atoms with E-state index in [4.69, 9.17) is 4.74 Å². The van der Waals surface area contributed by atoms with Crippen LogP contribution in [0, 0.1) is 5.92 Å². The Kier molecular flexibility index (Phi) is 23.9. The third-order valence-corrected chi connectivity index (χ3v) is 7.32. The Balaban J connectivity index is 0.00000145. The summed E-state index contributed by atoms with van der Waals surface area (Å²) in [5.41, 5.74) is 3.88. The number of para-hydroxylation sites is 1. The van der Waals surface area contributed by atoms with E-state index in [0.29, 0.717) is 12.5 Å². The van der Waals surface area contributed by atoms with E-state index in [0.717, 1.165) is 57.1 Å². The predicted molar refractivity (Wildman–Crippen MR) is 193 cm³/mol. The minimum absolute atomic E-state index is 0.0132. The molecular weight excluding hydrogens is 576 g/mol. The van der Waals surface area contributed by atoms with Crippen LogP contribution in [0.5, 0.6) is 5.75 Å². The Hall–Kier alpha value is -3.39. The van der Waals surface area contributed by atoms with Crippen molar-refractivity contribution in [3.05, 3.63) is 65.8 Å².